The number of nitro benzene ring substituents is 1. The Morgan fingerprint density at radius 3 is 2.43 bits per heavy atom. The number of likely N-dealkylation sites (tertiary alicyclic amines) is 1. The van der Waals surface area contributed by atoms with Crippen LogP contribution < -0.4 is 26.8 Å². The molecule has 286 valence electrons. The summed E-state index contributed by atoms with van der Waals surface area (Å²) in [6, 6.07) is 8.89. The number of aryl methyl sites for hydroxylation is 2. The molecule has 1 saturated heterocycles. The van der Waals surface area contributed by atoms with Crippen molar-refractivity contribution in [2.45, 2.75) is 59.7 Å². The average Bonchev–Trinajstić information content (AvgIpc) is 3.63. The third-order valence-electron chi connectivity index (χ3n) is 8.50. The molecule has 4 aromatic rings. The Hall–Kier alpha value is -6.46. The summed E-state index contributed by atoms with van der Waals surface area (Å²) in [5.74, 6) is -1.47. The number of imidazole rings is 1. The number of amides is 4. The number of primary amides is 2. The maximum Gasteiger partial charge on any atom is 0.410 e. The Morgan fingerprint density at radius 1 is 1.06 bits per heavy atom. The van der Waals surface area contributed by atoms with Gasteiger partial charge in [0.25, 0.3) is 11.6 Å². The van der Waals surface area contributed by atoms with E-state index in [1.165, 1.54) is 12.1 Å². The van der Waals surface area contributed by atoms with Crippen LogP contribution in [0.3, 0.4) is 0 Å². The van der Waals surface area contributed by atoms with Crippen molar-refractivity contribution < 1.29 is 33.6 Å². The Labute approximate surface area is 310 Å². The van der Waals surface area contributed by atoms with E-state index in [0.717, 1.165) is 6.07 Å². The molecule has 0 bridgehead atoms. The summed E-state index contributed by atoms with van der Waals surface area (Å²) < 4.78 is 14.7. The van der Waals surface area contributed by atoms with E-state index in [0.29, 0.717) is 48.5 Å². The highest BCUT2D eigenvalue weighted by Crippen LogP contribution is 2.36. The Morgan fingerprint density at radius 2 is 1.78 bits per heavy atom. The smallest absolute Gasteiger partial charge is 0.410 e. The molecule has 4 amide bonds. The van der Waals surface area contributed by atoms with Crippen LogP contribution >= 0.6 is 0 Å². The molecule has 6 N–H and O–H groups in total. The second-order valence-electron chi connectivity index (χ2n) is 13.8. The predicted molar refractivity (Wildman–Crippen MR) is 199 cm³/mol. The number of ether oxygens (including phenoxy) is 2. The highest BCUT2D eigenvalue weighted by Gasteiger charge is 2.33. The molecule has 3 heterocycles. The molecular weight excluding hydrogens is 700 g/mol. The molecule has 2 aromatic carbocycles. The predicted octanol–water partition coefficient (Wildman–Crippen LogP) is 4.22. The molecule has 0 spiro atoms. The zero-order valence-electron chi connectivity index (χ0n) is 30.7. The van der Waals surface area contributed by atoms with Gasteiger partial charge in [-0.25, -0.2) is 9.78 Å². The molecule has 0 saturated carbocycles. The number of carbonyl (C=O) groups is 4. The van der Waals surface area contributed by atoms with Gasteiger partial charge in [-0.1, -0.05) is 12.2 Å². The SMILES string of the molecule is CCn1nc(C)cc1C(=O)Nc1nc2cc(C(N)=O)ccc2n1C/C=C/CNc1c(OCCC2CN(C(=O)OC(C)(C)C)C2)cc(C(N)=O)cc1[N+](=O)[O-]. The normalized spacial score (nSPS) is 13.2. The molecule has 0 atom stereocenters. The van der Waals surface area contributed by atoms with Crippen LogP contribution in [-0.2, 0) is 17.8 Å². The van der Waals surface area contributed by atoms with E-state index in [2.05, 4.69) is 20.7 Å². The van der Waals surface area contributed by atoms with E-state index in [4.69, 9.17) is 20.9 Å². The maximum atomic E-state index is 13.3. The molecule has 5 rings (SSSR count). The first kappa shape index (κ1) is 38.8. The topological polar surface area (TPSA) is 245 Å². The fourth-order valence-corrected chi connectivity index (χ4v) is 5.86. The molecule has 54 heavy (non-hydrogen) atoms. The van der Waals surface area contributed by atoms with Gasteiger partial charge >= 0.3 is 6.09 Å². The van der Waals surface area contributed by atoms with Crippen molar-refractivity contribution in [2.75, 3.05) is 36.9 Å². The summed E-state index contributed by atoms with van der Waals surface area (Å²) in [6.45, 7) is 11.0. The fraction of sp³-hybridized carbons (Fsp3) is 0.389. The van der Waals surface area contributed by atoms with E-state index in [1.54, 1.807) is 72.2 Å². The first-order valence-corrected chi connectivity index (χ1v) is 17.3. The van der Waals surface area contributed by atoms with Gasteiger partial charge in [-0.2, -0.15) is 5.10 Å². The van der Waals surface area contributed by atoms with E-state index in [-0.39, 0.29) is 54.1 Å². The van der Waals surface area contributed by atoms with Gasteiger partial charge in [-0.3, -0.25) is 34.5 Å². The number of allylic oxidation sites excluding steroid dienone is 1. The van der Waals surface area contributed by atoms with Crippen molar-refractivity contribution in [3.05, 3.63) is 81.2 Å². The number of fused-ring (bicyclic) bond motifs is 1. The number of hydrogen-bond donors (Lipinski definition) is 4. The number of anilines is 2. The molecule has 2 aromatic heterocycles. The van der Waals surface area contributed by atoms with E-state index in [1.807, 2.05) is 6.92 Å². The second kappa shape index (κ2) is 16.1. The molecular formula is C36H44N10O8. The Bertz CT molecular complexity index is 2120. The summed E-state index contributed by atoms with van der Waals surface area (Å²) >= 11 is 0. The number of nitrogens with two attached hydrogens (primary N) is 2. The third-order valence-corrected chi connectivity index (χ3v) is 8.50. The average molecular weight is 745 g/mol. The quantitative estimate of drug-likeness (QED) is 0.0762. The van der Waals surface area contributed by atoms with Gasteiger partial charge in [0, 0.05) is 49.9 Å². The standard InChI is InChI=1S/C36H44N10O8/c1-6-45-28(15-21(2)42-45)33(49)41-34-40-25-16-23(31(37)47)9-10-26(25)44(34)13-8-7-12-39-30-27(46(51)52)17-24(32(38)48)18-29(30)53-14-11-22-19-43(20-22)35(50)54-36(3,4)5/h7-10,15-18,22,39H,6,11-14,19-20H2,1-5H3,(H2,37,47)(H2,38,48)(H,40,41,49)/b8-7+. The van der Waals surface area contributed by atoms with Crippen LogP contribution in [0.1, 0.15) is 71.0 Å². The zero-order valence-corrected chi connectivity index (χ0v) is 30.7. The molecule has 1 fully saturated rings. The maximum absolute atomic E-state index is 13.3. The van der Waals surface area contributed by atoms with Crippen molar-refractivity contribution >= 4 is 52.2 Å². The first-order chi connectivity index (χ1) is 25.5. The van der Waals surface area contributed by atoms with Gasteiger partial charge in [0.2, 0.25) is 17.8 Å². The lowest BCUT2D eigenvalue weighted by Crippen LogP contribution is -2.51. The van der Waals surface area contributed by atoms with Crippen LogP contribution in [0.2, 0.25) is 0 Å². The summed E-state index contributed by atoms with van der Waals surface area (Å²) in [4.78, 5) is 67.1. The lowest BCUT2D eigenvalue weighted by Gasteiger charge is -2.39. The highest BCUT2D eigenvalue weighted by atomic mass is 16.6. The van der Waals surface area contributed by atoms with Crippen molar-refractivity contribution in [1.29, 1.82) is 0 Å². The Balaban J connectivity index is 1.30. The van der Waals surface area contributed by atoms with Crippen LogP contribution in [0, 0.1) is 23.0 Å². The molecule has 0 radical (unpaired) electrons. The van der Waals surface area contributed by atoms with Crippen molar-refractivity contribution in [2.24, 2.45) is 17.4 Å². The fourth-order valence-electron chi connectivity index (χ4n) is 5.86. The number of carbonyl (C=O) groups excluding carboxylic acids is 4. The van der Waals surface area contributed by atoms with Gasteiger partial charge in [-0.05, 0) is 77.3 Å². The summed E-state index contributed by atoms with van der Waals surface area (Å²) in [7, 11) is 0. The van der Waals surface area contributed by atoms with Crippen LogP contribution in [0.5, 0.6) is 5.75 Å². The second-order valence-corrected chi connectivity index (χ2v) is 13.8. The van der Waals surface area contributed by atoms with E-state index >= 15 is 0 Å². The van der Waals surface area contributed by atoms with Gasteiger partial charge in [0.1, 0.15) is 17.0 Å². The minimum atomic E-state index is -0.853. The minimum absolute atomic E-state index is 0.0569. The van der Waals surface area contributed by atoms with Crippen LogP contribution in [0.4, 0.5) is 22.1 Å². The molecule has 18 nitrogen and oxygen atoms in total. The lowest BCUT2D eigenvalue weighted by atomic mass is 9.97. The number of rotatable bonds is 15. The Kier molecular flexibility index (Phi) is 11.5. The third kappa shape index (κ3) is 9.12. The first-order valence-electron chi connectivity index (χ1n) is 17.3. The molecule has 0 aliphatic carbocycles. The van der Waals surface area contributed by atoms with Crippen LogP contribution in [0.25, 0.3) is 11.0 Å². The van der Waals surface area contributed by atoms with Crippen LogP contribution in [0.15, 0.2) is 48.6 Å². The number of aromatic nitrogens is 4. The zero-order chi connectivity index (χ0) is 39.3. The summed E-state index contributed by atoms with van der Waals surface area (Å²) in [5, 5.41) is 22.3. The molecule has 1 aliphatic heterocycles. The lowest BCUT2D eigenvalue weighted by molar-refractivity contribution is -0.384. The number of nitrogens with zero attached hydrogens (tertiary/aromatic N) is 6. The van der Waals surface area contributed by atoms with E-state index in [9.17, 15) is 29.3 Å². The number of nitro groups is 1. The van der Waals surface area contributed by atoms with Gasteiger partial charge in [0.05, 0.1) is 28.3 Å². The summed E-state index contributed by atoms with van der Waals surface area (Å²) in [5.41, 5.74) is 12.3. The van der Waals surface area contributed by atoms with Crippen molar-refractivity contribution in [3.63, 3.8) is 0 Å². The molecule has 0 unspecified atom stereocenters. The number of nitrogens with one attached hydrogen (secondary N) is 2. The van der Waals surface area contributed by atoms with Crippen molar-refractivity contribution in [3.8, 4) is 5.75 Å². The monoisotopic (exact) mass is 744 g/mol. The van der Waals surface area contributed by atoms with Gasteiger partial charge < -0.3 is 35.7 Å². The summed E-state index contributed by atoms with van der Waals surface area (Å²) in [6.07, 6.45) is 3.65. The van der Waals surface area contributed by atoms with Crippen LogP contribution in [-0.4, -0.2) is 84.8 Å². The highest BCUT2D eigenvalue weighted by molar-refractivity contribution is 6.03. The minimum Gasteiger partial charge on any atom is -0.491 e. The van der Waals surface area contributed by atoms with Gasteiger partial charge in [-0.15, -0.1) is 0 Å². The molecule has 18 heteroatoms. The largest absolute Gasteiger partial charge is 0.491 e. The van der Waals surface area contributed by atoms with Gasteiger partial charge in [0.15, 0.2) is 5.69 Å². The number of benzene rings is 2. The molecule has 1 aliphatic rings. The van der Waals surface area contributed by atoms with E-state index < -0.39 is 40.0 Å². The van der Waals surface area contributed by atoms with Crippen molar-refractivity contribution in [1.82, 2.24) is 24.2 Å². The number of hydrogen-bond acceptors (Lipinski definition) is 11.